The van der Waals surface area contributed by atoms with Gasteiger partial charge in [0.2, 0.25) is 5.95 Å². The Hall–Kier alpha value is -5.67. The average Bonchev–Trinajstić information content (AvgIpc) is 2.98. The molecular weight excluding hydrogens is 615 g/mol. The van der Waals surface area contributed by atoms with E-state index in [4.69, 9.17) is 4.74 Å². The van der Waals surface area contributed by atoms with Crippen LogP contribution in [0.4, 0.5) is 59.6 Å². The summed E-state index contributed by atoms with van der Waals surface area (Å²) in [5, 5.41) is 7.76. The number of aromatic nitrogens is 2. The highest BCUT2D eigenvalue weighted by Gasteiger charge is 2.42. The number of carbonyl (C=O) groups excluding carboxylic acids is 2. The van der Waals surface area contributed by atoms with E-state index < -0.39 is 41.4 Å². The van der Waals surface area contributed by atoms with Gasteiger partial charge in [-0.25, -0.2) is 14.2 Å². The Morgan fingerprint density at radius 2 is 1.58 bits per heavy atom. The molecule has 1 aromatic heterocycles. The molecular formula is C29H20F7N5O4. The molecule has 0 saturated carbocycles. The van der Waals surface area contributed by atoms with Crippen LogP contribution in [0.5, 0.6) is 5.75 Å². The number of halogens is 7. The number of ether oxygens (including phenoxy) is 2. The molecule has 0 aliphatic rings. The van der Waals surface area contributed by atoms with E-state index in [1.165, 1.54) is 25.4 Å². The van der Waals surface area contributed by atoms with Gasteiger partial charge in [-0.2, -0.15) is 31.3 Å². The van der Waals surface area contributed by atoms with Gasteiger partial charge < -0.3 is 25.4 Å². The smallest absolute Gasteiger partial charge is 0.491 e. The first-order valence-electron chi connectivity index (χ1n) is 12.5. The van der Waals surface area contributed by atoms with Crippen molar-refractivity contribution in [3.05, 3.63) is 96.6 Å². The van der Waals surface area contributed by atoms with Crippen LogP contribution < -0.4 is 20.7 Å². The second-order valence-electron chi connectivity index (χ2n) is 8.94. The summed E-state index contributed by atoms with van der Waals surface area (Å²) in [4.78, 5) is 31.8. The Labute approximate surface area is 249 Å². The van der Waals surface area contributed by atoms with Gasteiger partial charge in [0.25, 0.3) is 5.91 Å². The Balaban J connectivity index is 1.67. The molecule has 0 saturated heterocycles. The molecule has 4 aromatic rings. The molecule has 0 atom stereocenters. The Morgan fingerprint density at radius 3 is 2.22 bits per heavy atom. The first-order valence-corrected chi connectivity index (χ1v) is 12.5. The molecule has 1 heterocycles. The molecule has 3 N–H and O–H groups in total. The van der Waals surface area contributed by atoms with Crippen LogP contribution in [-0.4, -0.2) is 35.1 Å². The van der Waals surface area contributed by atoms with Gasteiger partial charge >= 0.3 is 18.3 Å². The van der Waals surface area contributed by atoms with Crippen LogP contribution in [0.1, 0.15) is 5.56 Å². The fourth-order valence-electron chi connectivity index (χ4n) is 3.70. The van der Waals surface area contributed by atoms with Crippen molar-refractivity contribution >= 4 is 40.7 Å². The Morgan fingerprint density at radius 1 is 0.889 bits per heavy atom. The van der Waals surface area contributed by atoms with Crippen molar-refractivity contribution in [3.8, 4) is 16.9 Å². The Kier molecular flexibility index (Phi) is 9.25. The number of amides is 1. The van der Waals surface area contributed by atoms with Gasteiger partial charge in [0.05, 0.1) is 24.0 Å². The van der Waals surface area contributed by atoms with Crippen LogP contribution in [-0.2, 0) is 20.5 Å². The predicted octanol–water partition coefficient (Wildman–Crippen LogP) is 7.36. The molecule has 0 bridgehead atoms. The Bertz CT molecular complexity index is 1740. The first-order chi connectivity index (χ1) is 21.2. The number of anilines is 5. The molecule has 3 aromatic carbocycles. The van der Waals surface area contributed by atoms with Crippen LogP contribution in [0.3, 0.4) is 0 Å². The van der Waals surface area contributed by atoms with Crippen molar-refractivity contribution in [1.29, 1.82) is 0 Å². The largest absolute Gasteiger partial charge is 0.495 e. The summed E-state index contributed by atoms with van der Waals surface area (Å²) in [5.41, 5.74) is -0.562. The standard InChI is InChI=1S/C29H20F7N5O4/c1-15(45-26(43)29(34,35)36)25(42)38-18-11-12-20(30)22(13-18)39-24-19(16-7-9-17(10-8-16)28(31,32)33)14-37-27(41-24)40-21-5-3-4-6-23(21)44-2/h3-14H,1H2,2H3,(H,38,42)(H2,37,39,40,41). The lowest BCUT2D eigenvalue weighted by Crippen LogP contribution is -2.28. The number of nitrogens with zero attached hydrogens (tertiary/aromatic N) is 2. The summed E-state index contributed by atoms with van der Waals surface area (Å²) in [5.74, 6) is -5.74. The van der Waals surface area contributed by atoms with Crippen molar-refractivity contribution in [3.63, 3.8) is 0 Å². The van der Waals surface area contributed by atoms with Gasteiger partial charge in [0.15, 0.2) is 5.76 Å². The van der Waals surface area contributed by atoms with E-state index in [0.29, 0.717) is 11.4 Å². The van der Waals surface area contributed by atoms with E-state index in [-0.39, 0.29) is 34.3 Å². The summed E-state index contributed by atoms with van der Waals surface area (Å²) in [6.07, 6.45) is -8.70. The fourth-order valence-corrected chi connectivity index (χ4v) is 3.70. The third-order valence-electron chi connectivity index (χ3n) is 5.84. The molecule has 0 fully saturated rings. The van der Waals surface area contributed by atoms with Crippen LogP contribution in [0, 0.1) is 5.82 Å². The summed E-state index contributed by atoms with van der Waals surface area (Å²) >= 11 is 0. The number of alkyl halides is 6. The zero-order valence-electron chi connectivity index (χ0n) is 22.8. The van der Waals surface area contributed by atoms with Crippen molar-refractivity contribution in [2.24, 2.45) is 0 Å². The van der Waals surface area contributed by atoms with E-state index >= 15 is 0 Å². The van der Waals surface area contributed by atoms with E-state index in [0.717, 1.165) is 30.3 Å². The van der Waals surface area contributed by atoms with Crippen molar-refractivity contribution in [1.82, 2.24) is 9.97 Å². The highest BCUT2D eigenvalue weighted by molar-refractivity contribution is 6.03. The lowest BCUT2D eigenvalue weighted by Gasteiger charge is -2.16. The maximum atomic E-state index is 14.9. The van der Waals surface area contributed by atoms with Crippen molar-refractivity contribution < 1.29 is 49.8 Å². The molecule has 0 radical (unpaired) electrons. The van der Waals surface area contributed by atoms with Crippen molar-refractivity contribution in [2.45, 2.75) is 12.4 Å². The van der Waals surface area contributed by atoms with Crippen LogP contribution in [0.2, 0.25) is 0 Å². The third kappa shape index (κ3) is 8.04. The molecule has 45 heavy (non-hydrogen) atoms. The number of methoxy groups -OCH3 is 1. The number of nitrogens with one attached hydrogen (secondary N) is 3. The molecule has 0 unspecified atom stereocenters. The summed E-state index contributed by atoms with van der Waals surface area (Å²) in [6, 6.07) is 13.8. The minimum atomic E-state index is -5.38. The molecule has 234 valence electrons. The van der Waals surface area contributed by atoms with Gasteiger partial charge in [-0.3, -0.25) is 4.79 Å². The monoisotopic (exact) mass is 635 g/mol. The highest BCUT2D eigenvalue weighted by atomic mass is 19.4. The molecule has 16 heteroatoms. The molecule has 4 rings (SSSR count). The quantitative estimate of drug-likeness (QED) is 0.0757. The van der Waals surface area contributed by atoms with Gasteiger partial charge in [-0.05, 0) is 48.0 Å². The summed E-state index contributed by atoms with van der Waals surface area (Å²) in [6.45, 7) is 2.99. The molecule has 9 nitrogen and oxygen atoms in total. The maximum absolute atomic E-state index is 14.9. The lowest BCUT2D eigenvalue weighted by molar-refractivity contribution is -0.195. The normalized spacial score (nSPS) is 11.4. The number of para-hydroxylation sites is 2. The topological polar surface area (TPSA) is 114 Å². The average molecular weight is 635 g/mol. The lowest BCUT2D eigenvalue weighted by atomic mass is 10.1. The molecule has 0 aliphatic carbocycles. The maximum Gasteiger partial charge on any atom is 0.491 e. The summed E-state index contributed by atoms with van der Waals surface area (Å²) < 4.78 is 101. The van der Waals surface area contributed by atoms with Crippen LogP contribution in [0.15, 0.2) is 85.3 Å². The second kappa shape index (κ2) is 12.9. The zero-order chi connectivity index (χ0) is 32.9. The fraction of sp³-hybridized carbons (Fsp3) is 0.103. The van der Waals surface area contributed by atoms with E-state index in [1.807, 2.05) is 0 Å². The van der Waals surface area contributed by atoms with Gasteiger partial charge in [-0.15, -0.1) is 0 Å². The minimum absolute atomic E-state index is 0.0229. The minimum Gasteiger partial charge on any atom is -0.495 e. The molecule has 0 spiro atoms. The number of carbonyl (C=O) groups is 2. The van der Waals surface area contributed by atoms with Gasteiger partial charge in [0.1, 0.15) is 17.4 Å². The highest BCUT2D eigenvalue weighted by Crippen LogP contribution is 2.35. The molecule has 0 aliphatic heterocycles. The van der Waals surface area contributed by atoms with Gasteiger partial charge in [-0.1, -0.05) is 30.8 Å². The predicted molar refractivity (Wildman–Crippen MR) is 148 cm³/mol. The first kappa shape index (κ1) is 32.2. The SMILES string of the molecule is C=C(OC(=O)C(F)(F)F)C(=O)Nc1ccc(F)c(Nc2nc(Nc3ccccc3OC)ncc2-c2ccc(C(F)(F)F)cc2)c1. The zero-order valence-corrected chi connectivity index (χ0v) is 22.8. The number of benzene rings is 3. The van der Waals surface area contributed by atoms with Crippen LogP contribution >= 0.6 is 0 Å². The molecule has 1 amide bonds. The van der Waals surface area contributed by atoms with Crippen molar-refractivity contribution in [2.75, 3.05) is 23.1 Å². The number of hydrogen-bond donors (Lipinski definition) is 3. The van der Waals surface area contributed by atoms with E-state index in [9.17, 15) is 40.3 Å². The second-order valence-corrected chi connectivity index (χ2v) is 8.94. The van der Waals surface area contributed by atoms with Gasteiger partial charge in [0, 0.05) is 17.4 Å². The van der Waals surface area contributed by atoms with Crippen LogP contribution in [0.25, 0.3) is 11.1 Å². The number of rotatable bonds is 9. The van der Waals surface area contributed by atoms with E-state index in [2.05, 4.69) is 37.2 Å². The number of hydrogen-bond acceptors (Lipinski definition) is 8. The third-order valence-corrected chi connectivity index (χ3v) is 5.84. The van der Waals surface area contributed by atoms with E-state index in [1.54, 1.807) is 24.3 Å². The number of esters is 1. The summed E-state index contributed by atoms with van der Waals surface area (Å²) in [7, 11) is 1.44.